The van der Waals surface area contributed by atoms with Crippen LogP contribution in [0.5, 0.6) is 5.75 Å². The average molecular weight is 207 g/mol. The molecule has 1 heterocycles. The summed E-state index contributed by atoms with van der Waals surface area (Å²) in [6.45, 7) is 8.22. The monoisotopic (exact) mass is 207 g/mol. The second-order valence-corrected chi connectivity index (χ2v) is 4.85. The van der Waals surface area contributed by atoms with Crippen molar-refractivity contribution in [2.45, 2.75) is 33.6 Å². The molecule has 0 radical (unpaired) electrons. The van der Waals surface area contributed by atoms with Gasteiger partial charge in [0.1, 0.15) is 11.4 Å². The number of nitrogens with zero attached hydrogens (tertiary/aromatic N) is 1. The molecule has 0 amide bonds. The molecule has 0 saturated carbocycles. The van der Waals surface area contributed by atoms with E-state index in [1.165, 1.54) is 12.1 Å². The second kappa shape index (κ2) is 4.01. The predicted molar refractivity (Wildman–Crippen MR) is 59.2 cm³/mol. The number of pyridine rings is 1. The maximum absolute atomic E-state index is 10.6. The third-order valence-electron chi connectivity index (χ3n) is 2.75. The van der Waals surface area contributed by atoms with Crippen LogP contribution in [0.1, 0.15) is 49.8 Å². The predicted octanol–water partition coefficient (Wildman–Crippen LogP) is 2.75. The Hall–Kier alpha value is -1.38. The molecule has 1 aromatic heterocycles. The van der Waals surface area contributed by atoms with Gasteiger partial charge in [0.2, 0.25) is 0 Å². The van der Waals surface area contributed by atoms with Gasteiger partial charge in [-0.2, -0.15) is 0 Å². The number of carbonyl (C=O) groups is 1. The number of aromatic hydroxyl groups is 1. The molecule has 0 aliphatic carbocycles. The van der Waals surface area contributed by atoms with Crippen molar-refractivity contribution in [3.05, 3.63) is 23.5 Å². The first-order valence-corrected chi connectivity index (χ1v) is 5.01. The molecule has 1 atom stereocenters. The van der Waals surface area contributed by atoms with Crippen LogP contribution in [0.2, 0.25) is 0 Å². The molecular formula is C12H17NO2. The van der Waals surface area contributed by atoms with Gasteiger partial charge in [-0.3, -0.25) is 4.79 Å². The SMILES string of the molecule is CC(c1nc(C=O)ccc1O)C(C)(C)C. The van der Waals surface area contributed by atoms with Gasteiger partial charge in [-0.15, -0.1) is 0 Å². The zero-order valence-electron chi connectivity index (χ0n) is 9.61. The van der Waals surface area contributed by atoms with Crippen molar-refractivity contribution in [2.24, 2.45) is 5.41 Å². The molecule has 0 aliphatic rings. The molecule has 3 nitrogen and oxygen atoms in total. The van der Waals surface area contributed by atoms with E-state index >= 15 is 0 Å². The maximum Gasteiger partial charge on any atom is 0.168 e. The fraction of sp³-hybridized carbons (Fsp3) is 0.500. The van der Waals surface area contributed by atoms with Gasteiger partial charge in [0, 0.05) is 5.92 Å². The Bertz CT molecular complexity index is 366. The van der Waals surface area contributed by atoms with E-state index in [2.05, 4.69) is 25.8 Å². The molecule has 0 bridgehead atoms. The first-order valence-electron chi connectivity index (χ1n) is 5.01. The molecule has 1 unspecified atom stereocenters. The van der Waals surface area contributed by atoms with Gasteiger partial charge in [0.05, 0.1) is 5.69 Å². The average Bonchev–Trinajstić information content (AvgIpc) is 2.16. The van der Waals surface area contributed by atoms with Crippen LogP contribution in [-0.2, 0) is 0 Å². The van der Waals surface area contributed by atoms with Crippen molar-refractivity contribution in [1.82, 2.24) is 4.98 Å². The second-order valence-electron chi connectivity index (χ2n) is 4.85. The van der Waals surface area contributed by atoms with Crippen LogP contribution in [-0.4, -0.2) is 16.4 Å². The lowest BCUT2D eigenvalue weighted by atomic mass is 9.79. The molecule has 3 heteroatoms. The fourth-order valence-electron chi connectivity index (χ4n) is 1.28. The van der Waals surface area contributed by atoms with Gasteiger partial charge in [-0.25, -0.2) is 4.98 Å². The number of rotatable bonds is 2. The van der Waals surface area contributed by atoms with Gasteiger partial charge in [0.15, 0.2) is 6.29 Å². The summed E-state index contributed by atoms with van der Waals surface area (Å²) in [5.41, 5.74) is 0.956. The summed E-state index contributed by atoms with van der Waals surface area (Å²) in [6.07, 6.45) is 0.693. The first kappa shape index (κ1) is 11.7. The van der Waals surface area contributed by atoms with Crippen molar-refractivity contribution in [3.8, 4) is 5.75 Å². The number of hydrogen-bond acceptors (Lipinski definition) is 3. The summed E-state index contributed by atoms with van der Waals surface area (Å²) in [7, 11) is 0. The lowest BCUT2D eigenvalue weighted by Gasteiger charge is -2.27. The topological polar surface area (TPSA) is 50.2 Å². The Morgan fingerprint density at radius 2 is 2.00 bits per heavy atom. The van der Waals surface area contributed by atoms with Gasteiger partial charge < -0.3 is 5.11 Å². The van der Waals surface area contributed by atoms with E-state index in [4.69, 9.17) is 0 Å². The van der Waals surface area contributed by atoms with Gasteiger partial charge in [-0.05, 0) is 17.5 Å². The van der Waals surface area contributed by atoms with Crippen molar-refractivity contribution >= 4 is 6.29 Å². The molecule has 0 spiro atoms. The molecule has 1 aromatic rings. The Labute approximate surface area is 90.2 Å². The summed E-state index contributed by atoms with van der Waals surface area (Å²) in [5.74, 6) is 0.250. The van der Waals surface area contributed by atoms with Crippen LogP contribution in [0, 0.1) is 5.41 Å². The molecule has 0 saturated heterocycles. The third kappa shape index (κ3) is 2.55. The van der Waals surface area contributed by atoms with E-state index in [0.717, 1.165) is 0 Å². The number of aldehydes is 1. The van der Waals surface area contributed by atoms with Crippen LogP contribution in [0.4, 0.5) is 0 Å². The Balaban J connectivity index is 3.18. The first-order chi connectivity index (χ1) is 6.86. The quantitative estimate of drug-likeness (QED) is 0.758. The largest absolute Gasteiger partial charge is 0.506 e. The highest BCUT2D eigenvalue weighted by Gasteiger charge is 2.25. The molecule has 0 fully saturated rings. The van der Waals surface area contributed by atoms with E-state index in [1.807, 2.05) is 6.92 Å². The zero-order valence-corrected chi connectivity index (χ0v) is 9.61. The van der Waals surface area contributed by atoms with Gasteiger partial charge in [0.25, 0.3) is 0 Å². The van der Waals surface area contributed by atoms with Crippen molar-refractivity contribution in [1.29, 1.82) is 0 Å². The molecule has 1 N–H and O–H groups in total. The molecular weight excluding hydrogens is 190 g/mol. The Morgan fingerprint density at radius 1 is 1.40 bits per heavy atom. The summed E-state index contributed by atoms with van der Waals surface area (Å²) in [5, 5.41) is 9.69. The van der Waals surface area contributed by atoms with Crippen LogP contribution in [0.3, 0.4) is 0 Å². The smallest absolute Gasteiger partial charge is 0.168 e. The van der Waals surface area contributed by atoms with Crippen molar-refractivity contribution in [2.75, 3.05) is 0 Å². The van der Waals surface area contributed by atoms with Crippen molar-refractivity contribution in [3.63, 3.8) is 0 Å². The van der Waals surface area contributed by atoms with E-state index in [9.17, 15) is 9.90 Å². The Morgan fingerprint density at radius 3 is 2.47 bits per heavy atom. The van der Waals surface area contributed by atoms with Crippen LogP contribution in [0.15, 0.2) is 12.1 Å². The highest BCUT2D eigenvalue weighted by atomic mass is 16.3. The highest BCUT2D eigenvalue weighted by Crippen LogP contribution is 2.37. The minimum atomic E-state index is 0.00594. The maximum atomic E-state index is 10.6. The summed E-state index contributed by atoms with van der Waals surface area (Å²) >= 11 is 0. The van der Waals surface area contributed by atoms with E-state index in [-0.39, 0.29) is 17.1 Å². The van der Waals surface area contributed by atoms with Crippen molar-refractivity contribution < 1.29 is 9.90 Å². The normalized spacial score (nSPS) is 13.6. The summed E-state index contributed by atoms with van der Waals surface area (Å²) in [6, 6.07) is 3.04. The minimum absolute atomic E-state index is 0.00594. The molecule has 1 rings (SSSR count). The lowest BCUT2D eigenvalue weighted by Crippen LogP contribution is -2.17. The molecule has 0 aliphatic heterocycles. The van der Waals surface area contributed by atoms with Crippen LogP contribution in [0.25, 0.3) is 0 Å². The van der Waals surface area contributed by atoms with Gasteiger partial charge in [-0.1, -0.05) is 27.7 Å². The summed E-state index contributed by atoms with van der Waals surface area (Å²) < 4.78 is 0. The van der Waals surface area contributed by atoms with E-state index in [0.29, 0.717) is 17.7 Å². The molecule has 0 aromatic carbocycles. The van der Waals surface area contributed by atoms with E-state index in [1.54, 1.807) is 0 Å². The number of carbonyl (C=O) groups excluding carboxylic acids is 1. The van der Waals surface area contributed by atoms with Crippen LogP contribution < -0.4 is 0 Å². The number of aromatic nitrogens is 1. The summed E-state index contributed by atoms with van der Waals surface area (Å²) in [4.78, 5) is 14.7. The molecule has 15 heavy (non-hydrogen) atoms. The zero-order chi connectivity index (χ0) is 11.6. The van der Waals surface area contributed by atoms with Gasteiger partial charge >= 0.3 is 0 Å². The standard InChI is InChI=1S/C12H17NO2/c1-8(12(2,3)4)11-10(15)6-5-9(7-14)13-11/h5-8,15H,1-4H3. The lowest BCUT2D eigenvalue weighted by molar-refractivity contribution is 0.111. The van der Waals surface area contributed by atoms with Crippen LogP contribution >= 0.6 is 0 Å². The Kier molecular flexibility index (Phi) is 3.12. The highest BCUT2D eigenvalue weighted by molar-refractivity contribution is 5.72. The van der Waals surface area contributed by atoms with E-state index < -0.39 is 0 Å². The minimum Gasteiger partial charge on any atom is -0.506 e. The fourth-order valence-corrected chi connectivity index (χ4v) is 1.28. The molecule has 82 valence electrons. The number of hydrogen-bond donors (Lipinski definition) is 1. The third-order valence-corrected chi connectivity index (χ3v) is 2.75.